The van der Waals surface area contributed by atoms with Gasteiger partial charge in [0.05, 0.1) is 12.2 Å². The summed E-state index contributed by atoms with van der Waals surface area (Å²) in [4.78, 5) is 15.4. The van der Waals surface area contributed by atoms with E-state index in [2.05, 4.69) is 44.7 Å². The Hall–Kier alpha value is -2.95. The van der Waals surface area contributed by atoms with Gasteiger partial charge in [-0.15, -0.1) is 0 Å². The summed E-state index contributed by atoms with van der Waals surface area (Å²) in [6.07, 6.45) is 3.07. The molecule has 0 aliphatic carbocycles. The summed E-state index contributed by atoms with van der Waals surface area (Å²) < 4.78 is 5.91. The molecule has 0 amide bonds. The van der Waals surface area contributed by atoms with Crippen molar-refractivity contribution in [1.82, 2.24) is 4.90 Å². The lowest BCUT2D eigenvalue weighted by atomic mass is 9.85. The van der Waals surface area contributed by atoms with Crippen molar-refractivity contribution in [2.45, 2.75) is 71.6 Å². The minimum absolute atomic E-state index is 0.0564. The van der Waals surface area contributed by atoms with Crippen LogP contribution in [0.25, 0.3) is 0 Å². The summed E-state index contributed by atoms with van der Waals surface area (Å²) in [6, 6.07) is 26.1. The highest BCUT2D eigenvalue weighted by atomic mass is 16.5. The molecule has 0 saturated carbocycles. The first-order chi connectivity index (χ1) is 16.9. The van der Waals surface area contributed by atoms with E-state index in [-0.39, 0.29) is 18.5 Å². The third-order valence-corrected chi connectivity index (χ3v) is 6.53. The summed E-state index contributed by atoms with van der Waals surface area (Å²) in [5, 5.41) is 9.83. The summed E-state index contributed by atoms with van der Waals surface area (Å²) in [7, 11) is 0. The summed E-state index contributed by atoms with van der Waals surface area (Å²) >= 11 is 0. The van der Waals surface area contributed by atoms with Crippen molar-refractivity contribution < 1.29 is 14.6 Å². The predicted octanol–water partition coefficient (Wildman–Crippen LogP) is 6.82. The molecule has 0 radical (unpaired) electrons. The van der Waals surface area contributed by atoms with Gasteiger partial charge in [0.25, 0.3) is 0 Å². The van der Waals surface area contributed by atoms with Gasteiger partial charge in [-0.25, -0.2) is 4.79 Å². The van der Waals surface area contributed by atoms with Crippen molar-refractivity contribution in [3.63, 3.8) is 0 Å². The molecule has 1 atom stereocenters. The summed E-state index contributed by atoms with van der Waals surface area (Å²) in [5.74, 6) is 0.239. The molecule has 0 aliphatic rings. The Kier molecular flexibility index (Phi) is 10.1. The van der Waals surface area contributed by atoms with Crippen LogP contribution in [0.2, 0.25) is 0 Å². The monoisotopic (exact) mass is 473 g/mol. The van der Waals surface area contributed by atoms with Crippen molar-refractivity contribution in [3.05, 3.63) is 101 Å². The van der Waals surface area contributed by atoms with E-state index >= 15 is 0 Å². The van der Waals surface area contributed by atoms with Gasteiger partial charge < -0.3 is 9.84 Å². The van der Waals surface area contributed by atoms with Gasteiger partial charge in [0.2, 0.25) is 0 Å². The van der Waals surface area contributed by atoms with Crippen molar-refractivity contribution in [1.29, 1.82) is 0 Å². The zero-order chi connectivity index (χ0) is 25.2. The van der Waals surface area contributed by atoms with E-state index in [4.69, 9.17) is 4.74 Å². The third-order valence-electron chi connectivity index (χ3n) is 6.53. The summed E-state index contributed by atoms with van der Waals surface area (Å²) in [6.45, 7) is 10.0. The van der Waals surface area contributed by atoms with E-state index in [1.807, 2.05) is 54.6 Å². The molecule has 35 heavy (non-hydrogen) atoms. The molecule has 0 aromatic heterocycles. The topological polar surface area (TPSA) is 49.8 Å². The molecule has 3 aromatic carbocycles. The number of ether oxygens (including phenoxy) is 1. The van der Waals surface area contributed by atoms with E-state index < -0.39 is 0 Å². The average Bonchev–Trinajstić information content (AvgIpc) is 2.87. The fraction of sp³-hybridized carbons (Fsp3) is 0.387. The van der Waals surface area contributed by atoms with Crippen molar-refractivity contribution >= 4 is 5.97 Å². The Morgan fingerprint density at radius 1 is 0.857 bits per heavy atom. The quantitative estimate of drug-likeness (QED) is 0.178. The second kappa shape index (κ2) is 13.2. The number of esters is 1. The number of benzene rings is 3. The highest BCUT2D eigenvalue weighted by Gasteiger charge is 2.22. The lowest BCUT2D eigenvalue weighted by Gasteiger charge is -2.30. The van der Waals surface area contributed by atoms with Gasteiger partial charge in [-0.3, -0.25) is 4.90 Å². The molecular weight excluding hydrogens is 434 g/mol. The largest absolute Gasteiger partial charge is 0.423 e. The molecule has 0 aliphatic heterocycles. The fourth-order valence-corrected chi connectivity index (χ4v) is 4.74. The van der Waals surface area contributed by atoms with Gasteiger partial charge in [0.1, 0.15) is 5.75 Å². The molecule has 4 nitrogen and oxygen atoms in total. The Balaban J connectivity index is 1.87. The van der Waals surface area contributed by atoms with E-state index in [1.54, 1.807) is 12.1 Å². The smallest absolute Gasteiger partial charge is 0.343 e. The predicted molar refractivity (Wildman–Crippen MR) is 143 cm³/mol. The number of aliphatic hydroxyl groups excluding tert-OH is 1. The standard InChI is InChI=1S/C31H39NO3/c1-23(2)32(24(3)4)20-12-11-17-28(26-13-7-5-8-14-26)29-21-25(22-33)18-19-30(29)35-31(34)27-15-9-6-10-16-27/h5-10,13-16,18-19,21,23-24,28,33H,11-12,17,20,22H2,1-4H3. The number of hydrogen-bond donors (Lipinski definition) is 1. The van der Waals surface area contributed by atoms with Crippen molar-refractivity contribution in [2.75, 3.05) is 6.54 Å². The zero-order valence-electron chi connectivity index (χ0n) is 21.5. The summed E-state index contributed by atoms with van der Waals surface area (Å²) in [5.41, 5.74) is 3.45. The van der Waals surface area contributed by atoms with Gasteiger partial charge in [0.15, 0.2) is 0 Å². The zero-order valence-corrected chi connectivity index (χ0v) is 21.5. The molecule has 0 heterocycles. The van der Waals surface area contributed by atoms with Crippen LogP contribution in [0.15, 0.2) is 78.9 Å². The maximum absolute atomic E-state index is 12.9. The first-order valence-corrected chi connectivity index (χ1v) is 12.7. The third kappa shape index (κ3) is 7.51. The first-order valence-electron chi connectivity index (χ1n) is 12.7. The molecule has 3 aromatic rings. The van der Waals surface area contributed by atoms with Crippen LogP contribution in [0.1, 0.15) is 79.9 Å². The van der Waals surface area contributed by atoms with E-state index in [9.17, 15) is 9.90 Å². The van der Waals surface area contributed by atoms with E-state index in [0.29, 0.717) is 23.4 Å². The normalized spacial score (nSPS) is 12.3. The highest BCUT2D eigenvalue weighted by molar-refractivity contribution is 5.91. The molecule has 1 N–H and O–H groups in total. The number of unbranched alkanes of at least 4 members (excludes halogenated alkanes) is 1. The molecule has 3 rings (SSSR count). The van der Waals surface area contributed by atoms with Gasteiger partial charge in [-0.2, -0.15) is 0 Å². The lowest BCUT2D eigenvalue weighted by molar-refractivity contribution is 0.0732. The molecule has 4 heteroatoms. The number of nitrogens with zero attached hydrogens (tertiary/aromatic N) is 1. The van der Waals surface area contributed by atoms with Crippen LogP contribution in [-0.4, -0.2) is 34.6 Å². The highest BCUT2D eigenvalue weighted by Crippen LogP contribution is 2.37. The molecule has 1 unspecified atom stereocenters. The Bertz CT molecular complexity index is 1040. The first kappa shape index (κ1) is 26.7. The molecule has 186 valence electrons. The van der Waals surface area contributed by atoms with E-state index in [1.165, 1.54) is 5.56 Å². The second-order valence-corrected chi connectivity index (χ2v) is 9.67. The van der Waals surface area contributed by atoms with Gasteiger partial charge >= 0.3 is 5.97 Å². The van der Waals surface area contributed by atoms with Crippen LogP contribution < -0.4 is 4.74 Å². The Labute approximate surface area is 210 Å². The fourth-order valence-electron chi connectivity index (χ4n) is 4.74. The molecule has 0 spiro atoms. The lowest BCUT2D eigenvalue weighted by Crippen LogP contribution is -2.37. The molecule has 0 fully saturated rings. The van der Waals surface area contributed by atoms with Crippen LogP contribution in [0, 0.1) is 0 Å². The van der Waals surface area contributed by atoms with Crippen LogP contribution >= 0.6 is 0 Å². The Morgan fingerprint density at radius 3 is 2.09 bits per heavy atom. The molecule has 0 bridgehead atoms. The maximum atomic E-state index is 12.9. The minimum Gasteiger partial charge on any atom is -0.423 e. The Morgan fingerprint density at radius 2 is 1.49 bits per heavy atom. The van der Waals surface area contributed by atoms with Crippen LogP contribution in [0.4, 0.5) is 0 Å². The molecule has 0 saturated heterocycles. The molecular formula is C31H39NO3. The number of rotatable bonds is 12. The van der Waals surface area contributed by atoms with E-state index in [0.717, 1.165) is 36.9 Å². The van der Waals surface area contributed by atoms with Gasteiger partial charge in [-0.1, -0.05) is 61.0 Å². The van der Waals surface area contributed by atoms with Gasteiger partial charge in [-0.05, 0) is 82.5 Å². The SMILES string of the molecule is CC(C)N(CCCCC(c1ccccc1)c1cc(CO)ccc1OC(=O)c1ccccc1)C(C)C. The maximum Gasteiger partial charge on any atom is 0.343 e. The van der Waals surface area contributed by atoms with Crippen LogP contribution in [0.3, 0.4) is 0 Å². The number of hydrogen-bond acceptors (Lipinski definition) is 4. The van der Waals surface area contributed by atoms with Crippen molar-refractivity contribution in [3.8, 4) is 5.75 Å². The van der Waals surface area contributed by atoms with Crippen LogP contribution in [-0.2, 0) is 6.61 Å². The second-order valence-electron chi connectivity index (χ2n) is 9.67. The van der Waals surface area contributed by atoms with Crippen molar-refractivity contribution in [2.24, 2.45) is 0 Å². The number of carbonyl (C=O) groups is 1. The number of aliphatic hydroxyl groups is 1. The minimum atomic E-state index is -0.375. The number of carbonyl (C=O) groups excluding carboxylic acids is 1. The average molecular weight is 474 g/mol. The van der Waals surface area contributed by atoms with Crippen LogP contribution in [0.5, 0.6) is 5.75 Å². The van der Waals surface area contributed by atoms with Gasteiger partial charge in [0, 0.05) is 23.6 Å².